The van der Waals surface area contributed by atoms with E-state index in [1.165, 1.54) is 0 Å². The number of ketones is 2. The lowest BCUT2D eigenvalue weighted by Crippen LogP contribution is -1.95. The lowest BCUT2D eigenvalue weighted by molar-refractivity contribution is 0.101. The summed E-state index contributed by atoms with van der Waals surface area (Å²) in [4.78, 5) is 32.0. The van der Waals surface area contributed by atoms with Crippen molar-refractivity contribution in [3.8, 4) is 0 Å². The first-order valence-corrected chi connectivity index (χ1v) is 11.8. The summed E-state index contributed by atoms with van der Waals surface area (Å²) in [5.74, 6) is 1.91. The summed E-state index contributed by atoms with van der Waals surface area (Å²) >= 11 is 0. The molecule has 0 fully saturated rings. The average Bonchev–Trinajstić information content (AvgIpc) is 3.31. The first-order chi connectivity index (χ1) is 16.3. The van der Waals surface area contributed by atoms with E-state index in [1.807, 2.05) is 108 Å². The fourth-order valence-corrected chi connectivity index (χ4v) is 3.39. The number of carbonyl (C=O) groups excluding carboxylic acids is 2. The fraction of sp³-hybridized carbons (Fsp3) is 0.357. The van der Waals surface area contributed by atoms with Crippen LogP contribution in [0.2, 0.25) is 0 Å². The summed E-state index contributed by atoms with van der Waals surface area (Å²) < 4.78 is 3.98. The molecule has 0 aliphatic carbocycles. The van der Waals surface area contributed by atoms with E-state index >= 15 is 0 Å². The van der Waals surface area contributed by atoms with Gasteiger partial charge >= 0.3 is 0 Å². The average molecular weight is 463 g/mol. The topological polar surface area (TPSA) is 69.8 Å². The van der Waals surface area contributed by atoms with Crippen LogP contribution in [0.25, 0.3) is 22.1 Å². The van der Waals surface area contributed by atoms with Gasteiger partial charge in [0, 0.05) is 25.2 Å². The van der Waals surface area contributed by atoms with Crippen LogP contribution in [-0.2, 0) is 14.1 Å². The van der Waals surface area contributed by atoms with Crippen molar-refractivity contribution in [1.29, 1.82) is 0 Å². The lowest BCUT2D eigenvalue weighted by Gasteiger charge is -1.98. The molecule has 0 radical (unpaired) electrons. The van der Waals surface area contributed by atoms with Crippen LogP contribution in [0.15, 0.2) is 48.6 Å². The van der Waals surface area contributed by atoms with E-state index in [1.54, 1.807) is 19.1 Å². The molecule has 0 spiro atoms. The van der Waals surface area contributed by atoms with Gasteiger partial charge in [-0.3, -0.25) is 9.59 Å². The molecule has 0 aliphatic rings. The van der Waals surface area contributed by atoms with Gasteiger partial charge in [0.2, 0.25) is 0 Å². The van der Waals surface area contributed by atoms with Crippen LogP contribution < -0.4 is 0 Å². The van der Waals surface area contributed by atoms with Crippen molar-refractivity contribution in [2.75, 3.05) is 0 Å². The number of benzene rings is 2. The molecular weight excluding hydrogens is 424 g/mol. The van der Waals surface area contributed by atoms with Crippen LogP contribution in [-0.4, -0.2) is 30.7 Å². The zero-order valence-electron chi connectivity index (χ0n) is 22.2. The number of aryl methyl sites for hydroxylation is 4. The van der Waals surface area contributed by atoms with E-state index in [0.29, 0.717) is 11.1 Å². The number of allylic oxidation sites excluding steroid dienone is 2. The Bertz CT molecular complexity index is 1290. The van der Waals surface area contributed by atoms with Gasteiger partial charge in [0.1, 0.15) is 11.6 Å². The Balaban J connectivity index is 0.000000299. The Kier molecular flexibility index (Phi) is 11.1. The minimum atomic E-state index is 0.00574. The van der Waals surface area contributed by atoms with Crippen molar-refractivity contribution in [2.45, 2.75) is 55.4 Å². The summed E-state index contributed by atoms with van der Waals surface area (Å²) in [5, 5.41) is 0. The highest BCUT2D eigenvalue weighted by Crippen LogP contribution is 2.20. The van der Waals surface area contributed by atoms with Gasteiger partial charge in [-0.05, 0) is 58.0 Å². The largest absolute Gasteiger partial charge is 0.331 e. The normalized spacial score (nSPS) is 10.2. The van der Waals surface area contributed by atoms with Crippen LogP contribution in [0, 0.1) is 13.8 Å². The Labute approximate surface area is 203 Å². The molecule has 2 heterocycles. The van der Waals surface area contributed by atoms with E-state index in [4.69, 9.17) is 0 Å². The molecule has 2 aromatic heterocycles. The first-order valence-electron chi connectivity index (χ1n) is 11.8. The van der Waals surface area contributed by atoms with Gasteiger partial charge in [0.25, 0.3) is 0 Å². The van der Waals surface area contributed by atoms with E-state index in [0.717, 1.165) is 33.7 Å². The minimum Gasteiger partial charge on any atom is -0.331 e. The van der Waals surface area contributed by atoms with Gasteiger partial charge in [0.05, 0.1) is 22.1 Å². The molecule has 2 aromatic carbocycles. The molecule has 0 unspecified atom stereocenters. The monoisotopic (exact) mass is 462 g/mol. The van der Waals surface area contributed by atoms with Gasteiger partial charge in [-0.1, -0.05) is 45.9 Å². The maximum absolute atomic E-state index is 11.8. The number of para-hydroxylation sites is 2. The number of carbonyl (C=O) groups is 2. The molecule has 0 bridgehead atoms. The second-order valence-corrected chi connectivity index (χ2v) is 7.20. The third-order valence-electron chi connectivity index (χ3n) is 5.23. The van der Waals surface area contributed by atoms with Crippen molar-refractivity contribution in [3.63, 3.8) is 0 Å². The Morgan fingerprint density at radius 3 is 1.59 bits per heavy atom. The van der Waals surface area contributed by atoms with E-state index in [-0.39, 0.29) is 11.6 Å². The molecule has 0 amide bonds. The van der Waals surface area contributed by atoms with Gasteiger partial charge in [0.15, 0.2) is 11.6 Å². The van der Waals surface area contributed by atoms with Crippen LogP contribution in [0.5, 0.6) is 0 Å². The van der Waals surface area contributed by atoms with Crippen LogP contribution in [0.1, 0.15) is 73.9 Å². The molecule has 0 atom stereocenters. The van der Waals surface area contributed by atoms with E-state index in [9.17, 15) is 9.59 Å². The summed E-state index contributed by atoms with van der Waals surface area (Å²) in [6.45, 7) is 15.3. The minimum absolute atomic E-state index is 0.00574. The van der Waals surface area contributed by atoms with Gasteiger partial charge in [-0.2, -0.15) is 0 Å². The SMILES string of the molecule is C/C=C/C(=O)c1cccc2c1nc(C)n2C.CC.CC.CC(=O)c1cccc2c1nc(C)n2C. The molecule has 182 valence electrons. The van der Waals surface area contributed by atoms with Crippen LogP contribution in [0.3, 0.4) is 0 Å². The van der Waals surface area contributed by atoms with Crippen LogP contribution >= 0.6 is 0 Å². The number of nitrogens with zero attached hydrogens (tertiary/aromatic N) is 4. The summed E-state index contributed by atoms with van der Waals surface area (Å²) in [5.41, 5.74) is 4.96. The number of Topliss-reactive ketones (excluding diaryl/α,β-unsaturated/α-hetero) is 1. The second-order valence-electron chi connectivity index (χ2n) is 7.20. The summed E-state index contributed by atoms with van der Waals surface area (Å²) in [6.07, 6.45) is 3.32. The first kappa shape index (κ1) is 28.5. The highest BCUT2D eigenvalue weighted by atomic mass is 16.1. The Morgan fingerprint density at radius 1 is 0.765 bits per heavy atom. The van der Waals surface area contributed by atoms with Gasteiger partial charge in [-0.25, -0.2) is 9.97 Å². The predicted molar refractivity (Wildman–Crippen MR) is 143 cm³/mol. The number of fused-ring (bicyclic) bond motifs is 2. The molecule has 0 saturated carbocycles. The van der Waals surface area contributed by atoms with E-state index in [2.05, 4.69) is 9.97 Å². The quantitative estimate of drug-likeness (QED) is 0.249. The van der Waals surface area contributed by atoms with E-state index < -0.39 is 0 Å². The molecule has 0 saturated heterocycles. The van der Waals surface area contributed by atoms with Crippen molar-refractivity contribution in [2.24, 2.45) is 14.1 Å². The smallest absolute Gasteiger partial charge is 0.187 e. The van der Waals surface area contributed by atoms with Crippen molar-refractivity contribution in [3.05, 3.63) is 71.3 Å². The van der Waals surface area contributed by atoms with Crippen LogP contribution in [0.4, 0.5) is 0 Å². The number of aromatic nitrogens is 4. The fourth-order valence-electron chi connectivity index (χ4n) is 3.39. The third-order valence-corrected chi connectivity index (χ3v) is 5.23. The molecule has 6 heteroatoms. The van der Waals surface area contributed by atoms with Crippen molar-refractivity contribution >= 4 is 33.6 Å². The maximum Gasteiger partial charge on any atom is 0.187 e. The molecule has 4 rings (SSSR count). The maximum atomic E-state index is 11.8. The van der Waals surface area contributed by atoms with Gasteiger partial charge in [-0.15, -0.1) is 0 Å². The summed E-state index contributed by atoms with van der Waals surface area (Å²) in [7, 11) is 3.91. The zero-order chi connectivity index (χ0) is 26.0. The number of hydrogen-bond acceptors (Lipinski definition) is 4. The Hall–Kier alpha value is -3.54. The molecular formula is C28H38N4O2. The summed E-state index contributed by atoms with van der Waals surface area (Å²) in [6, 6.07) is 11.4. The second kappa shape index (κ2) is 13.2. The molecule has 34 heavy (non-hydrogen) atoms. The Morgan fingerprint density at radius 2 is 1.18 bits per heavy atom. The van der Waals surface area contributed by atoms with Crippen molar-refractivity contribution in [1.82, 2.24) is 19.1 Å². The molecule has 0 N–H and O–H groups in total. The predicted octanol–water partition coefficient (Wildman–Crippen LogP) is 6.78. The number of rotatable bonds is 3. The molecule has 4 aromatic rings. The third kappa shape index (κ3) is 6.07. The molecule has 6 nitrogen and oxygen atoms in total. The zero-order valence-corrected chi connectivity index (χ0v) is 22.2. The lowest BCUT2D eigenvalue weighted by atomic mass is 10.1. The van der Waals surface area contributed by atoms with Crippen molar-refractivity contribution < 1.29 is 9.59 Å². The highest BCUT2D eigenvalue weighted by Gasteiger charge is 2.12. The number of hydrogen-bond donors (Lipinski definition) is 0. The standard InChI is InChI=1S/C13H14N2O.C11H12N2O.2C2H6/c1-4-6-12(16)10-7-5-8-11-13(10)14-9(2)15(11)3;1-7(14)9-5-4-6-10-11(9)12-8(2)13(10)3;2*1-2/h4-8H,1-3H3;4-6H,1-3H3;2*1-2H3/b6-4+;;;. The molecule has 0 aliphatic heterocycles. The highest BCUT2D eigenvalue weighted by molar-refractivity contribution is 6.12. The number of imidazole rings is 2. The van der Waals surface area contributed by atoms with Gasteiger partial charge < -0.3 is 9.13 Å².